The van der Waals surface area contributed by atoms with Gasteiger partial charge < -0.3 is 11.1 Å². The SMILES string of the molecule is CC(C)C(C)(CN)NC(=O)c1cnns1. The number of hydrogen-bond donors (Lipinski definition) is 2. The highest BCUT2D eigenvalue weighted by molar-refractivity contribution is 7.07. The number of nitrogens with one attached hydrogen (secondary N) is 1. The first-order valence-corrected chi connectivity index (χ1v) is 5.57. The monoisotopic (exact) mass is 228 g/mol. The van der Waals surface area contributed by atoms with Crippen molar-refractivity contribution in [1.29, 1.82) is 0 Å². The number of hydrogen-bond acceptors (Lipinski definition) is 5. The van der Waals surface area contributed by atoms with Crippen molar-refractivity contribution in [3.63, 3.8) is 0 Å². The molecule has 5 nitrogen and oxygen atoms in total. The maximum atomic E-state index is 11.7. The van der Waals surface area contributed by atoms with Gasteiger partial charge in [-0.2, -0.15) is 0 Å². The Balaban J connectivity index is 2.72. The van der Waals surface area contributed by atoms with Crippen LogP contribution in [0.5, 0.6) is 0 Å². The van der Waals surface area contributed by atoms with E-state index in [1.807, 2.05) is 20.8 Å². The van der Waals surface area contributed by atoms with E-state index in [-0.39, 0.29) is 17.4 Å². The molecule has 0 bridgehead atoms. The van der Waals surface area contributed by atoms with Crippen LogP contribution in [0.25, 0.3) is 0 Å². The highest BCUT2D eigenvalue weighted by Gasteiger charge is 2.29. The molecule has 1 rings (SSSR count). The molecule has 0 fully saturated rings. The zero-order chi connectivity index (χ0) is 11.5. The van der Waals surface area contributed by atoms with Crippen LogP contribution in [-0.2, 0) is 0 Å². The van der Waals surface area contributed by atoms with Gasteiger partial charge in [0.15, 0.2) is 0 Å². The minimum atomic E-state index is -0.388. The van der Waals surface area contributed by atoms with Crippen LogP contribution in [0.3, 0.4) is 0 Å². The second kappa shape index (κ2) is 4.67. The maximum absolute atomic E-state index is 11.7. The fraction of sp³-hybridized carbons (Fsp3) is 0.667. The lowest BCUT2D eigenvalue weighted by Crippen LogP contribution is -2.54. The summed E-state index contributed by atoms with van der Waals surface area (Å²) in [5.74, 6) is 0.110. The third-order valence-electron chi connectivity index (χ3n) is 2.68. The van der Waals surface area contributed by atoms with Gasteiger partial charge in [-0.15, -0.1) is 5.10 Å². The highest BCUT2D eigenvalue weighted by Crippen LogP contribution is 2.16. The van der Waals surface area contributed by atoms with E-state index < -0.39 is 0 Å². The molecule has 15 heavy (non-hydrogen) atoms. The van der Waals surface area contributed by atoms with Gasteiger partial charge >= 0.3 is 0 Å². The van der Waals surface area contributed by atoms with Crippen molar-refractivity contribution in [2.45, 2.75) is 26.3 Å². The third-order valence-corrected chi connectivity index (χ3v) is 3.35. The molecular weight excluding hydrogens is 212 g/mol. The molecular formula is C9H16N4OS. The van der Waals surface area contributed by atoms with E-state index in [1.165, 1.54) is 6.20 Å². The van der Waals surface area contributed by atoms with Crippen LogP contribution in [0.1, 0.15) is 30.4 Å². The van der Waals surface area contributed by atoms with E-state index in [4.69, 9.17) is 5.73 Å². The molecule has 0 aliphatic rings. The molecule has 0 spiro atoms. The number of carbonyl (C=O) groups excluding carboxylic acids is 1. The van der Waals surface area contributed by atoms with Gasteiger partial charge in [0.2, 0.25) is 0 Å². The van der Waals surface area contributed by atoms with Gasteiger partial charge in [0.1, 0.15) is 4.88 Å². The van der Waals surface area contributed by atoms with Gasteiger partial charge in [-0.3, -0.25) is 4.79 Å². The molecule has 0 aromatic carbocycles. The number of nitrogens with zero attached hydrogens (tertiary/aromatic N) is 2. The van der Waals surface area contributed by atoms with Crippen LogP contribution >= 0.6 is 11.5 Å². The number of nitrogens with two attached hydrogens (primary N) is 1. The van der Waals surface area contributed by atoms with Crippen molar-refractivity contribution in [3.05, 3.63) is 11.1 Å². The van der Waals surface area contributed by atoms with Gasteiger partial charge in [0.05, 0.1) is 11.7 Å². The largest absolute Gasteiger partial charge is 0.345 e. The summed E-state index contributed by atoms with van der Waals surface area (Å²) < 4.78 is 3.64. The molecule has 0 saturated carbocycles. The number of aromatic nitrogens is 2. The van der Waals surface area contributed by atoms with Crippen molar-refractivity contribution in [1.82, 2.24) is 14.9 Å². The number of rotatable bonds is 4. The fourth-order valence-electron chi connectivity index (χ4n) is 1.02. The molecule has 1 aromatic rings. The molecule has 1 atom stereocenters. The molecule has 0 radical (unpaired) electrons. The van der Waals surface area contributed by atoms with E-state index in [2.05, 4.69) is 14.9 Å². The Kier molecular flexibility index (Phi) is 3.76. The van der Waals surface area contributed by atoms with Gasteiger partial charge in [-0.25, -0.2) is 0 Å². The van der Waals surface area contributed by atoms with E-state index in [0.29, 0.717) is 11.4 Å². The molecule has 6 heteroatoms. The summed E-state index contributed by atoms with van der Waals surface area (Å²) in [4.78, 5) is 12.3. The lowest BCUT2D eigenvalue weighted by atomic mass is 9.88. The predicted octanol–water partition coefficient (Wildman–Crippen LogP) is 0.641. The fourth-order valence-corrected chi connectivity index (χ4v) is 1.43. The predicted molar refractivity (Wildman–Crippen MR) is 59.7 cm³/mol. The van der Waals surface area contributed by atoms with Crippen LogP contribution in [-0.4, -0.2) is 27.6 Å². The Morgan fingerprint density at radius 3 is 2.80 bits per heavy atom. The minimum Gasteiger partial charge on any atom is -0.345 e. The number of amides is 1. The Hall–Kier alpha value is -1.01. The van der Waals surface area contributed by atoms with Crippen LogP contribution in [0.2, 0.25) is 0 Å². The molecule has 1 amide bonds. The average molecular weight is 228 g/mol. The molecule has 0 saturated heterocycles. The van der Waals surface area contributed by atoms with Gasteiger partial charge in [0, 0.05) is 6.54 Å². The summed E-state index contributed by atoms with van der Waals surface area (Å²) in [6.45, 7) is 6.39. The Labute approximate surface area is 93.2 Å². The zero-order valence-electron chi connectivity index (χ0n) is 9.15. The van der Waals surface area contributed by atoms with E-state index in [9.17, 15) is 4.79 Å². The van der Waals surface area contributed by atoms with Crippen LogP contribution in [0, 0.1) is 5.92 Å². The normalized spacial score (nSPS) is 15.0. The van der Waals surface area contributed by atoms with Gasteiger partial charge in [-0.05, 0) is 24.4 Å². The first-order valence-electron chi connectivity index (χ1n) is 4.79. The lowest BCUT2D eigenvalue weighted by Gasteiger charge is -2.33. The van der Waals surface area contributed by atoms with E-state index in [0.717, 1.165) is 11.5 Å². The topological polar surface area (TPSA) is 80.9 Å². The van der Waals surface area contributed by atoms with Crippen LogP contribution in [0.15, 0.2) is 6.20 Å². The second-order valence-electron chi connectivity index (χ2n) is 4.01. The summed E-state index contributed by atoms with van der Waals surface area (Å²) in [5.41, 5.74) is 5.28. The summed E-state index contributed by atoms with van der Waals surface area (Å²) in [6, 6.07) is 0. The summed E-state index contributed by atoms with van der Waals surface area (Å²) >= 11 is 1.08. The zero-order valence-corrected chi connectivity index (χ0v) is 9.97. The van der Waals surface area contributed by atoms with Gasteiger partial charge in [0.25, 0.3) is 5.91 Å². The standard InChI is InChI=1S/C9H16N4OS/c1-6(2)9(3,5-10)12-8(14)7-4-11-13-15-7/h4,6H,5,10H2,1-3H3,(H,12,14). The minimum absolute atomic E-state index is 0.161. The second-order valence-corrected chi connectivity index (χ2v) is 4.80. The summed E-state index contributed by atoms with van der Waals surface area (Å²) in [7, 11) is 0. The van der Waals surface area contributed by atoms with E-state index in [1.54, 1.807) is 0 Å². The summed E-state index contributed by atoms with van der Waals surface area (Å²) in [6.07, 6.45) is 1.46. The molecule has 3 N–H and O–H groups in total. The molecule has 0 aliphatic carbocycles. The number of carbonyl (C=O) groups is 1. The average Bonchev–Trinajstić information content (AvgIpc) is 2.70. The third kappa shape index (κ3) is 2.73. The Bertz CT molecular complexity index is 325. The van der Waals surface area contributed by atoms with Crippen molar-refractivity contribution in [2.75, 3.05) is 6.54 Å². The molecule has 0 aliphatic heterocycles. The van der Waals surface area contributed by atoms with Gasteiger partial charge in [-0.1, -0.05) is 18.3 Å². The van der Waals surface area contributed by atoms with Crippen molar-refractivity contribution in [2.24, 2.45) is 11.7 Å². The van der Waals surface area contributed by atoms with E-state index >= 15 is 0 Å². The van der Waals surface area contributed by atoms with Crippen molar-refractivity contribution in [3.8, 4) is 0 Å². The molecule has 84 valence electrons. The first-order chi connectivity index (χ1) is 6.99. The Morgan fingerprint density at radius 1 is 1.73 bits per heavy atom. The molecule has 1 heterocycles. The summed E-state index contributed by atoms with van der Waals surface area (Å²) in [5, 5.41) is 6.53. The van der Waals surface area contributed by atoms with Crippen molar-refractivity contribution >= 4 is 17.4 Å². The quantitative estimate of drug-likeness (QED) is 0.792. The van der Waals surface area contributed by atoms with Crippen LogP contribution in [0.4, 0.5) is 0 Å². The molecule has 1 unspecified atom stereocenters. The maximum Gasteiger partial charge on any atom is 0.265 e. The molecule has 1 aromatic heterocycles. The Morgan fingerprint density at radius 2 is 2.40 bits per heavy atom. The van der Waals surface area contributed by atoms with Crippen molar-refractivity contribution < 1.29 is 4.79 Å². The lowest BCUT2D eigenvalue weighted by molar-refractivity contribution is 0.0887. The van der Waals surface area contributed by atoms with Crippen LogP contribution < -0.4 is 11.1 Å². The first kappa shape index (κ1) is 12.1. The highest BCUT2D eigenvalue weighted by atomic mass is 32.1. The smallest absolute Gasteiger partial charge is 0.265 e.